The van der Waals surface area contributed by atoms with Gasteiger partial charge in [-0.3, -0.25) is 10.4 Å². The monoisotopic (exact) mass is 241 g/mol. The molecule has 1 aromatic heterocycles. The number of amidine groups is 1. The van der Waals surface area contributed by atoms with E-state index in [2.05, 4.69) is 4.98 Å². The fraction of sp³-hybridized carbons (Fsp3) is 0.400. The summed E-state index contributed by atoms with van der Waals surface area (Å²) >= 11 is 1.51. The van der Waals surface area contributed by atoms with Crippen molar-refractivity contribution in [3.05, 3.63) is 29.6 Å². The second kappa shape index (κ2) is 6.47. The molecule has 0 aromatic carbocycles. The number of thioether (sulfide) groups is 1. The van der Waals surface area contributed by atoms with E-state index in [0.29, 0.717) is 17.2 Å². The van der Waals surface area contributed by atoms with Crippen molar-refractivity contribution >= 4 is 17.6 Å². The summed E-state index contributed by atoms with van der Waals surface area (Å²) in [5.41, 5.74) is 6.78. The van der Waals surface area contributed by atoms with E-state index in [9.17, 15) is 0 Å². The number of hydrogen-bond donors (Lipinski definition) is 4. The van der Waals surface area contributed by atoms with Crippen molar-refractivity contribution in [2.45, 2.75) is 11.9 Å². The Balaban J connectivity index is 2.48. The van der Waals surface area contributed by atoms with Gasteiger partial charge < -0.3 is 15.9 Å². The smallest absolute Gasteiger partial charge is 0.141 e. The van der Waals surface area contributed by atoms with Crippen LogP contribution in [-0.2, 0) is 5.75 Å². The van der Waals surface area contributed by atoms with Crippen LogP contribution in [0.5, 0.6) is 0 Å². The normalized spacial score (nSPS) is 12.4. The summed E-state index contributed by atoms with van der Waals surface area (Å²) in [6.45, 7) is -0.220. The van der Waals surface area contributed by atoms with Crippen LogP contribution >= 0.6 is 11.8 Å². The molecule has 0 aliphatic carbocycles. The lowest BCUT2D eigenvalue weighted by Crippen LogP contribution is -2.15. The highest BCUT2D eigenvalue weighted by molar-refractivity contribution is 7.98. The van der Waals surface area contributed by atoms with E-state index in [-0.39, 0.29) is 12.4 Å². The number of aliphatic hydroxyl groups is 2. The predicted octanol–water partition coefficient (Wildman–Crippen LogP) is -0.0479. The molecule has 88 valence electrons. The topological polar surface area (TPSA) is 103 Å². The maximum absolute atomic E-state index is 9.14. The first-order valence-corrected chi connectivity index (χ1v) is 5.95. The van der Waals surface area contributed by atoms with E-state index < -0.39 is 6.10 Å². The van der Waals surface area contributed by atoms with Crippen LogP contribution in [0.1, 0.15) is 11.3 Å². The van der Waals surface area contributed by atoms with Crippen molar-refractivity contribution in [2.24, 2.45) is 5.73 Å². The molecule has 16 heavy (non-hydrogen) atoms. The molecule has 1 heterocycles. The third-order valence-corrected chi connectivity index (χ3v) is 3.05. The van der Waals surface area contributed by atoms with Gasteiger partial charge in [0, 0.05) is 17.7 Å². The van der Waals surface area contributed by atoms with Gasteiger partial charge in [-0.1, -0.05) is 0 Å². The molecule has 0 saturated carbocycles. The van der Waals surface area contributed by atoms with E-state index in [0.717, 1.165) is 5.56 Å². The second-order valence-electron chi connectivity index (χ2n) is 3.31. The highest BCUT2D eigenvalue weighted by atomic mass is 32.2. The van der Waals surface area contributed by atoms with Gasteiger partial charge in [0.15, 0.2) is 0 Å². The van der Waals surface area contributed by atoms with E-state index in [1.807, 2.05) is 6.07 Å². The summed E-state index contributed by atoms with van der Waals surface area (Å²) in [5.74, 6) is 1.12. The Morgan fingerprint density at radius 3 is 3.00 bits per heavy atom. The van der Waals surface area contributed by atoms with Crippen LogP contribution in [0.25, 0.3) is 0 Å². The minimum Gasteiger partial charge on any atom is -0.394 e. The number of aliphatic hydroxyl groups excluding tert-OH is 2. The number of pyridine rings is 1. The lowest BCUT2D eigenvalue weighted by molar-refractivity contribution is 0.113. The maximum Gasteiger partial charge on any atom is 0.141 e. The van der Waals surface area contributed by atoms with Crippen molar-refractivity contribution in [3.8, 4) is 0 Å². The summed E-state index contributed by atoms with van der Waals surface area (Å²) < 4.78 is 0. The van der Waals surface area contributed by atoms with Gasteiger partial charge in [0.2, 0.25) is 0 Å². The zero-order valence-corrected chi connectivity index (χ0v) is 9.57. The minimum atomic E-state index is -0.681. The zero-order valence-electron chi connectivity index (χ0n) is 8.76. The summed E-state index contributed by atoms with van der Waals surface area (Å²) in [6.07, 6.45) is 0.925. The fourth-order valence-electron chi connectivity index (χ4n) is 1.08. The van der Waals surface area contributed by atoms with Crippen LogP contribution in [0, 0.1) is 5.41 Å². The van der Waals surface area contributed by atoms with Gasteiger partial charge >= 0.3 is 0 Å². The largest absolute Gasteiger partial charge is 0.394 e. The molecule has 0 aliphatic rings. The summed E-state index contributed by atoms with van der Waals surface area (Å²) in [5, 5.41) is 25.0. The van der Waals surface area contributed by atoms with Crippen LogP contribution in [0.15, 0.2) is 18.3 Å². The lowest BCUT2D eigenvalue weighted by atomic mass is 10.2. The number of hydrogen-bond acceptors (Lipinski definition) is 5. The SMILES string of the molecule is N=C(N)c1cc(CSCC(O)CO)ccn1. The van der Waals surface area contributed by atoms with Crippen LogP contribution in [-0.4, -0.2) is 39.5 Å². The first-order valence-electron chi connectivity index (χ1n) is 4.79. The molecule has 0 aliphatic heterocycles. The first-order chi connectivity index (χ1) is 7.63. The molecule has 1 unspecified atom stereocenters. The zero-order chi connectivity index (χ0) is 12.0. The Morgan fingerprint density at radius 1 is 1.62 bits per heavy atom. The summed E-state index contributed by atoms with van der Waals surface area (Å²) in [7, 11) is 0. The molecular weight excluding hydrogens is 226 g/mol. The van der Waals surface area contributed by atoms with Gasteiger partial charge in [0.1, 0.15) is 11.5 Å². The highest BCUT2D eigenvalue weighted by Crippen LogP contribution is 2.13. The number of rotatable bonds is 6. The number of nitrogens with one attached hydrogen (secondary N) is 1. The highest BCUT2D eigenvalue weighted by Gasteiger charge is 2.03. The van der Waals surface area contributed by atoms with Crippen LogP contribution in [0.3, 0.4) is 0 Å². The molecule has 0 bridgehead atoms. The quantitative estimate of drug-likeness (QED) is 0.413. The molecule has 1 rings (SSSR count). The molecule has 1 aromatic rings. The Bertz CT molecular complexity index is 360. The Labute approximate surface area is 98.2 Å². The average Bonchev–Trinajstić information content (AvgIpc) is 2.29. The van der Waals surface area contributed by atoms with Gasteiger partial charge in [0.25, 0.3) is 0 Å². The standard InChI is InChI=1S/C10H15N3O2S/c11-10(12)9-3-7(1-2-13-9)5-16-6-8(15)4-14/h1-3,8,14-15H,4-6H2,(H3,11,12). The molecule has 5 N–H and O–H groups in total. The third kappa shape index (κ3) is 4.18. The maximum atomic E-state index is 9.14. The molecule has 0 saturated heterocycles. The van der Waals surface area contributed by atoms with Crippen LogP contribution in [0.4, 0.5) is 0 Å². The lowest BCUT2D eigenvalue weighted by Gasteiger charge is -2.07. The third-order valence-electron chi connectivity index (χ3n) is 1.89. The summed E-state index contributed by atoms with van der Waals surface area (Å²) in [4.78, 5) is 3.95. The van der Waals surface area contributed by atoms with Crippen LogP contribution in [0.2, 0.25) is 0 Å². The van der Waals surface area contributed by atoms with Gasteiger partial charge in [0.05, 0.1) is 12.7 Å². The van der Waals surface area contributed by atoms with Crippen molar-refractivity contribution in [1.82, 2.24) is 4.98 Å². The van der Waals surface area contributed by atoms with Crippen molar-refractivity contribution < 1.29 is 10.2 Å². The molecule has 5 nitrogen and oxygen atoms in total. The fourth-order valence-corrected chi connectivity index (χ4v) is 1.99. The Morgan fingerprint density at radius 2 is 2.38 bits per heavy atom. The van der Waals surface area contributed by atoms with E-state index in [1.165, 1.54) is 11.8 Å². The summed E-state index contributed by atoms with van der Waals surface area (Å²) in [6, 6.07) is 3.59. The van der Waals surface area contributed by atoms with Gasteiger partial charge in [-0.25, -0.2) is 0 Å². The second-order valence-corrected chi connectivity index (χ2v) is 4.34. The van der Waals surface area contributed by atoms with Crippen molar-refractivity contribution in [1.29, 1.82) is 5.41 Å². The molecular formula is C10H15N3O2S. The molecule has 1 atom stereocenters. The van der Waals surface area contributed by atoms with Crippen LogP contribution < -0.4 is 5.73 Å². The molecule has 0 fully saturated rings. The van der Waals surface area contributed by atoms with Gasteiger partial charge in [-0.2, -0.15) is 11.8 Å². The van der Waals surface area contributed by atoms with E-state index in [4.69, 9.17) is 21.4 Å². The first kappa shape index (κ1) is 13.0. The van der Waals surface area contributed by atoms with Crippen molar-refractivity contribution in [2.75, 3.05) is 12.4 Å². The number of nitrogens with zero attached hydrogens (tertiary/aromatic N) is 1. The van der Waals surface area contributed by atoms with Crippen molar-refractivity contribution in [3.63, 3.8) is 0 Å². The van der Waals surface area contributed by atoms with Gasteiger partial charge in [-0.05, 0) is 17.7 Å². The van der Waals surface area contributed by atoms with E-state index >= 15 is 0 Å². The number of nitrogen functional groups attached to an aromatic ring is 1. The minimum absolute atomic E-state index is 0.0535. The molecule has 0 amide bonds. The predicted molar refractivity (Wildman–Crippen MR) is 64.5 cm³/mol. The van der Waals surface area contributed by atoms with Gasteiger partial charge in [-0.15, -0.1) is 0 Å². The number of aromatic nitrogens is 1. The van der Waals surface area contributed by atoms with E-state index in [1.54, 1.807) is 12.3 Å². The average molecular weight is 241 g/mol. The Kier molecular flexibility index (Phi) is 5.24. The number of nitrogens with two attached hydrogens (primary N) is 1. The Hall–Kier alpha value is -1.11. The molecule has 6 heteroatoms. The molecule has 0 radical (unpaired) electrons. The molecule has 0 spiro atoms.